The molecule has 1 atom stereocenters. The lowest BCUT2D eigenvalue weighted by Crippen LogP contribution is -2.30. The molecule has 0 spiro atoms. The van der Waals surface area contributed by atoms with E-state index in [1.54, 1.807) is 0 Å². The van der Waals surface area contributed by atoms with Crippen molar-refractivity contribution in [1.29, 1.82) is 0 Å². The van der Waals surface area contributed by atoms with Crippen molar-refractivity contribution in [3.8, 4) is 0 Å². The van der Waals surface area contributed by atoms with Gasteiger partial charge < -0.3 is 9.05 Å². The van der Waals surface area contributed by atoms with Crippen LogP contribution in [0.2, 0.25) is 0 Å². The molecule has 0 aromatic rings. The van der Waals surface area contributed by atoms with Gasteiger partial charge in [0, 0.05) is 0 Å². The van der Waals surface area contributed by atoms with Gasteiger partial charge in [0.1, 0.15) is 0 Å². The van der Waals surface area contributed by atoms with E-state index in [9.17, 15) is 4.57 Å². The van der Waals surface area contributed by atoms with Gasteiger partial charge in [-0.3, -0.25) is 4.57 Å². The van der Waals surface area contributed by atoms with Gasteiger partial charge in [-0.2, -0.15) is 0 Å². The molecule has 17 heavy (non-hydrogen) atoms. The lowest BCUT2D eigenvalue weighted by molar-refractivity contribution is 0.196. The van der Waals surface area contributed by atoms with Crippen molar-refractivity contribution in [1.82, 2.24) is 0 Å². The minimum absolute atomic E-state index is 0.383. The van der Waals surface area contributed by atoms with Crippen molar-refractivity contribution in [3.63, 3.8) is 0 Å². The van der Waals surface area contributed by atoms with E-state index in [1.165, 1.54) is 0 Å². The number of allylic oxidation sites excluding steroid dienone is 2. The molecule has 100 valence electrons. The Labute approximate surface area is 105 Å². The summed E-state index contributed by atoms with van der Waals surface area (Å²) in [6.45, 7) is 6.75. The molecule has 1 aliphatic rings. The van der Waals surface area contributed by atoms with Gasteiger partial charge in [0.15, 0.2) is 0 Å². The summed E-state index contributed by atoms with van der Waals surface area (Å²) >= 11 is 0. The highest BCUT2D eigenvalue weighted by Crippen LogP contribution is 2.65. The third-order valence-electron chi connectivity index (χ3n) is 3.24. The van der Waals surface area contributed by atoms with Crippen LogP contribution in [0.1, 0.15) is 52.9 Å². The van der Waals surface area contributed by atoms with Gasteiger partial charge in [0.2, 0.25) is 0 Å². The maximum atomic E-state index is 13.0. The quantitative estimate of drug-likeness (QED) is 0.498. The van der Waals surface area contributed by atoms with Crippen LogP contribution >= 0.6 is 7.60 Å². The molecule has 0 fully saturated rings. The molecule has 0 saturated carbocycles. The standard InChI is InChI=1S/C13H25O3P/c1-4-10-13(11-8-7-9-12-13)17(14,15-5-2)16-6-3/h8,11H,4-7,9-10,12H2,1-3H3. The van der Waals surface area contributed by atoms with Gasteiger partial charge in [-0.25, -0.2) is 0 Å². The van der Waals surface area contributed by atoms with E-state index in [2.05, 4.69) is 19.1 Å². The van der Waals surface area contributed by atoms with Crippen LogP contribution in [0.15, 0.2) is 12.2 Å². The fraction of sp³-hybridized carbons (Fsp3) is 0.846. The van der Waals surface area contributed by atoms with E-state index in [4.69, 9.17) is 9.05 Å². The van der Waals surface area contributed by atoms with Crippen LogP contribution in [-0.4, -0.2) is 18.4 Å². The molecule has 1 unspecified atom stereocenters. The van der Waals surface area contributed by atoms with Crippen LogP contribution in [-0.2, 0) is 13.6 Å². The zero-order valence-corrected chi connectivity index (χ0v) is 12.2. The molecule has 0 heterocycles. The monoisotopic (exact) mass is 260 g/mol. The van der Waals surface area contributed by atoms with Crippen molar-refractivity contribution in [2.45, 2.75) is 58.0 Å². The predicted molar refractivity (Wildman–Crippen MR) is 71.5 cm³/mol. The predicted octanol–water partition coefficient (Wildman–Crippen LogP) is 4.53. The van der Waals surface area contributed by atoms with Crippen molar-refractivity contribution in [2.75, 3.05) is 13.2 Å². The average molecular weight is 260 g/mol. The molecule has 1 rings (SSSR count). The number of hydrogen-bond acceptors (Lipinski definition) is 3. The molecular weight excluding hydrogens is 235 g/mol. The molecule has 3 nitrogen and oxygen atoms in total. The second-order valence-electron chi connectivity index (χ2n) is 4.48. The lowest BCUT2D eigenvalue weighted by atomic mass is 9.91. The highest BCUT2D eigenvalue weighted by atomic mass is 31.2. The minimum Gasteiger partial charge on any atom is -0.308 e. The summed E-state index contributed by atoms with van der Waals surface area (Å²) in [4.78, 5) is 0. The molecular formula is C13H25O3P. The van der Waals surface area contributed by atoms with Crippen LogP contribution < -0.4 is 0 Å². The summed E-state index contributed by atoms with van der Waals surface area (Å²) in [5, 5.41) is -0.383. The normalized spacial score (nSPS) is 25.1. The van der Waals surface area contributed by atoms with Gasteiger partial charge in [-0.05, 0) is 39.5 Å². The molecule has 0 amide bonds. The molecule has 0 aromatic heterocycles. The maximum Gasteiger partial charge on any atom is 0.340 e. The average Bonchev–Trinajstić information content (AvgIpc) is 2.31. The molecule has 1 aliphatic carbocycles. The van der Waals surface area contributed by atoms with Crippen LogP contribution in [0.4, 0.5) is 0 Å². The third-order valence-corrected chi connectivity index (χ3v) is 6.12. The Kier molecular flexibility index (Phi) is 5.91. The maximum absolute atomic E-state index is 13.0. The summed E-state index contributed by atoms with van der Waals surface area (Å²) < 4.78 is 24.1. The van der Waals surface area contributed by atoms with E-state index in [-0.39, 0.29) is 5.16 Å². The number of hydrogen-bond donors (Lipinski definition) is 0. The first kappa shape index (κ1) is 14.9. The van der Waals surface area contributed by atoms with Crippen molar-refractivity contribution in [3.05, 3.63) is 12.2 Å². The van der Waals surface area contributed by atoms with Gasteiger partial charge in [0.05, 0.1) is 18.4 Å². The molecule has 0 N–H and O–H groups in total. The Morgan fingerprint density at radius 1 is 1.24 bits per heavy atom. The summed E-state index contributed by atoms with van der Waals surface area (Å²) in [5.41, 5.74) is 0. The fourth-order valence-electron chi connectivity index (χ4n) is 2.55. The zero-order valence-electron chi connectivity index (χ0n) is 11.3. The second-order valence-corrected chi connectivity index (χ2v) is 6.88. The Bertz CT molecular complexity index is 291. The lowest BCUT2D eigenvalue weighted by Gasteiger charge is -2.38. The Morgan fingerprint density at radius 2 is 1.88 bits per heavy atom. The summed E-state index contributed by atoms with van der Waals surface area (Å²) in [6.07, 6.45) is 9.14. The van der Waals surface area contributed by atoms with E-state index in [0.29, 0.717) is 13.2 Å². The topological polar surface area (TPSA) is 35.5 Å². The van der Waals surface area contributed by atoms with Crippen molar-refractivity contribution >= 4 is 7.60 Å². The van der Waals surface area contributed by atoms with Gasteiger partial charge >= 0.3 is 7.60 Å². The van der Waals surface area contributed by atoms with E-state index < -0.39 is 7.60 Å². The van der Waals surface area contributed by atoms with Crippen molar-refractivity contribution < 1.29 is 13.6 Å². The van der Waals surface area contributed by atoms with E-state index >= 15 is 0 Å². The Morgan fingerprint density at radius 3 is 2.29 bits per heavy atom. The molecule has 0 aliphatic heterocycles. The second kappa shape index (κ2) is 6.72. The summed E-state index contributed by atoms with van der Waals surface area (Å²) in [6, 6.07) is 0. The van der Waals surface area contributed by atoms with E-state index in [0.717, 1.165) is 32.1 Å². The molecule has 4 heteroatoms. The largest absolute Gasteiger partial charge is 0.340 e. The third kappa shape index (κ3) is 3.21. The molecule has 0 bridgehead atoms. The Hall–Kier alpha value is -0.110. The minimum atomic E-state index is -3.03. The first-order valence-corrected chi connectivity index (χ1v) is 8.25. The van der Waals surface area contributed by atoms with Gasteiger partial charge in [-0.15, -0.1) is 0 Å². The smallest absolute Gasteiger partial charge is 0.308 e. The summed E-state index contributed by atoms with van der Waals surface area (Å²) in [7, 11) is -3.03. The van der Waals surface area contributed by atoms with Crippen molar-refractivity contribution in [2.24, 2.45) is 0 Å². The highest BCUT2D eigenvalue weighted by Gasteiger charge is 2.48. The highest BCUT2D eigenvalue weighted by molar-refractivity contribution is 7.55. The molecule has 0 aromatic carbocycles. The van der Waals surface area contributed by atoms with Crippen LogP contribution in [0.5, 0.6) is 0 Å². The fourth-order valence-corrected chi connectivity index (χ4v) is 5.04. The first-order valence-electron chi connectivity index (χ1n) is 6.71. The van der Waals surface area contributed by atoms with Gasteiger partial charge in [-0.1, -0.05) is 25.5 Å². The molecule has 0 saturated heterocycles. The zero-order chi connectivity index (χ0) is 12.8. The first-order chi connectivity index (χ1) is 8.14. The Balaban J connectivity index is 3.03. The van der Waals surface area contributed by atoms with Crippen LogP contribution in [0.25, 0.3) is 0 Å². The SMILES string of the molecule is CCCC1(P(=O)(OCC)OCC)C=CCCC1. The van der Waals surface area contributed by atoms with Crippen LogP contribution in [0.3, 0.4) is 0 Å². The van der Waals surface area contributed by atoms with E-state index in [1.807, 2.05) is 13.8 Å². The molecule has 0 radical (unpaired) electrons. The number of rotatable bonds is 7. The van der Waals surface area contributed by atoms with Gasteiger partial charge in [0.25, 0.3) is 0 Å². The van der Waals surface area contributed by atoms with Crippen LogP contribution in [0, 0.1) is 0 Å². The summed E-state index contributed by atoms with van der Waals surface area (Å²) in [5.74, 6) is 0.